The second-order valence-electron chi connectivity index (χ2n) is 4.61. The van der Waals surface area contributed by atoms with E-state index in [1.54, 1.807) is 7.11 Å². The molecule has 0 amide bonds. The van der Waals surface area contributed by atoms with E-state index < -0.39 is 0 Å². The minimum atomic E-state index is 0.517. The number of aldehydes is 1. The Bertz CT molecular complexity index is 372. The van der Waals surface area contributed by atoms with Crippen molar-refractivity contribution >= 4 is 6.29 Å². The Kier molecular flexibility index (Phi) is 4.25. The number of carbonyl (C=O) groups is 1. The Balaban J connectivity index is 1.94. The SMILES string of the molecule is COCCCCn1nnc(C=O)c1CC1CC1. The number of nitrogens with zero attached hydrogens (tertiary/aromatic N) is 3. The fourth-order valence-corrected chi connectivity index (χ4v) is 1.93. The van der Waals surface area contributed by atoms with Gasteiger partial charge in [0.1, 0.15) is 5.69 Å². The number of hydrogen-bond acceptors (Lipinski definition) is 4. The molecule has 0 radical (unpaired) electrons. The van der Waals surface area contributed by atoms with Crippen LogP contribution in [0.15, 0.2) is 0 Å². The average molecular weight is 237 g/mol. The van der Waals surface area contributed by atoms with Crippen LogP contribution in [0.1, 0.15) is 41.9 Å². The van der Waals surface area contributed by atoms with Gasteiger partial charge in [0, 0.05) is 20.3 Å². The van der Waals surface area contributed by atoms with Gasteiger partial charge in [-0.2, -0.15) is 0 Å². The second-order valence-corrected chi connectivity index (χ2v) is 4.61. The maximum absolute atomic E-state index is 10.9. The molecule has 0 unspecified atom stereocenters. The highest BCUT2D eigenvalue weighted by molar-refractivity contribution is 5.73. The highest BCUT2D eigenvalue weighted by atomic mass is 16.5. The molecule has 0 atom stereocenters. The molecule has 1 aromatic rings. The van der Waals surface area contributed by atoms with Crippen molar-refractivity contribution < 1.29 is 9.53 Å². The van der Waals surface area contributed by atoms with Gasteiger partial charge in [-0.05, 0) is 38.0 Å². The number of unbranched alkanes of at least 4 members (excludes halogenated alkanes) is 1. The monoisotopic (exact) mass is 237 g/mol. The van der Waals surface area contributed by atoms with Crippen molar-refractivity contribution in [1.82, 2.24) is 15.0 Å². The van der Waals surface area contributed by atoms with Gasteiger partial charge in [-0.15, -0.1) is 5.10 Å². The summed E-state index contributed by atoms with van der Waals surface area (Å²) in [5, 5.41) is 7.99. The molecule has 0 N–H and O–H groups in total. The van der Waals surface area contributed by atoms with Gasteiger partial charge in [0.25, 0.3) is 0 Å². The Morgan fingerprint density at radius 3 is 2.94 bits per heavy atom. The summed E-state index contributed by atoms with van der Waals surface area (Å²) in [7, 11) is 1.71. The van der Waals surface area contributed by atoms with E-state index in [0.29, 0.717) is 5.69 Å². The van der Waals surface area contributed by atoms with Gasteiger partial charge < -0.3 is 4.74 Å². The third kappa shape index (κ3) is 3.36. The first-order valence-corrected chi connectivity index (χ1v) is 6.21. The summed E-state index contributed by atoms with van der Waals surface area (Å²) >= 11 is 0. The molecule has 2 rings (SSSR count). The number of carbonyl (C=O) groups excluding carboxylic acids is 1. The molecule has 5 nitrogen and oxygen atoms in total. The first-order valence-electron chi connectivity index (χ1n) is 6.21. The van der Waals surface area contributed by atoms with Crippen molar-refractivity contribution in [2.45, 2.75) is 38.6 Å². The lowest BCUT2D eigenvalue weighted by atomic mass is 10.2. The van der Waals surface area contributed by atoms with Crippen LogP contribution in [0.5, 0.6) is 0 Å². The highest BCUT2D eigenvalue weighted by Gasteiger charge is 2.25. The van der Waals surface area contributed by atoms with Crippen LogP contribution in [0.25, 0.3) is 0 Å². The summed E-state index contributed by atoms with van der Waals surface area (Å²) in [4.78, 5) is 10.9. The van der Waals surface area contributed by atoms with Crippen LogP contribution in [0.4, 0.5) is 0 Å². The summed E-state index contributed by atoms with van der Waals surface area (Å²) in [6.07, 6.45) is 6.32. The van der Waals surface area contributed by atoms with Crippen LogP contribution in [-0.2, 0) is 17.7 Å². The van der Waals surface area contributed by atoms with Crippen LogP contribution < -0.4 is 0 Å². The fourth-order valence-electron chi connectivity index (χ4n) is 1.93. The summed E-state index contributed by atoms with van der Waals surface area (Å²) < 4.78 is 6.90. The van der Waals surface area contributed by atoms with Crippen LogP contribution in [-0.4, -0.2) is 35.0 Å². The number of rotatable bonds is 8. The molecule has 0 saturated heterocycles. The minimum Gasteiger partial charge on any atom is -0.385 e. The van der Waals surface area contributed by atoms with Gasteiger partial charge >= 0.3 is 0 Å². The van der Waals surface area contributed by atoms with Crippen molar-refractivity contribution in [2.75, 3.05) is 13.7 Å². The summed E-state index contributed by atoms with van der Waals surface area (Å²) in [6.45, 7) is 1.60. The van der Waals surface area contributed by atoms with Crippen molar-refractivity contribution in [3.8, 4) is 0 Å². The Labute approximate surface area is 101 Å². The standard InChI is InChI=1S/C12H19N3O2/c1-17-7-3-2-6-15-12(8-10-4-5-10)11(9-16)13-14-15/h9-10H,2-8H2,1H3. The van der Waals surface area contributed by atoms with Gasteiger partial charge in [-0.3, -0.25) is 4.79 Å². The molecule has 1 aliphatic rings. The molecular formula is C12H19N3O2. The molecule has 0 aromatic carbocycles. The van der Waals surface area contributed by atoms with Gasteiger partial charge in [0.05, 0.1) is 5.69 Å². The molecule has 17 heavy (non-hydrogen) atoms. The number of methoxy groups -OCH3 is 1. The topological polar surface area (TPSA) is 57.0 Å². The largest absolute Gasteiger partial charge is 0.385 e. The van der Waals surface area contributed by atoms with Crippen LogP contribution in [0.3, 0.4) is 0 Å². The van der Waals surface area contributed by atoms with Crippen LogP contribution >= 0.6 is 0 Å². The first kappa shape index (κ1) is 12.2. The lowest BCUT2D eigenvalue weighted by Crippen LogP contribution is -2.08. The summed E-state index contributed by atoms with van der Waals surface area (Å²) in [5.41, 5.74) is 1.53. The van der Waals surface area contributed by atoms with E-state index in [1.807, 2.05) is 4.68 Å². The summed E-state index contributed by atoms with van der Waals surface area (Å²) in [6, 6.07) is 0. The second kappa shape index (κ2) is 5.91. The van der Waals surface area contributed by atoms with E-state index in [1.165, 1.54) is 12.8 Å². The molecule has 94 valence electrons. The maximum atomic E-state index is 10.9. The van der Waals surface area contributed by atoms with Crippen molar-refractivity contribution in [2.24, 2.45) is 5.92 Å². The zero-order valence-electron chi connectivity index (χ0n) is 10.3. The number of aryl methyl sites for hydroxylation is 1. The zero-order chi connectivity index (χ0) is 12.1. The number of ether oxygens (including phenoxy) is 1. The van der Waals surface area contributed by atoms with E-state index in [0.717, 1.165) is 50.3 Å². The van der Waals surface area contributed by atoms with E-state index in [4.69, 9.17) is 4.74 Å². The average Bonchev–Trinajstić information content (AvgIpc) is 3.07. The highest BCUT2D eigenvalue weighted by Crippen LogP contribution is 2.32. The normalized spacial score (nSPS) is 15.1. The van der Waals surface area contributed by atoms with Gasteiger partial charge in [-0.1, -0.05) is 5.21 Å². The molecule has 5 heteroatoms. The molecule has 1 saturated carbocycles. The molecule has 0 bridgehead atoms. The van der Waals surface area contributed by atoms with Crippen molar-refractivity contribution in [1.29, 1.82) is 0 Å². The molecule has 1 aliphatic carbocycles. The Morgan fingerprint density at radius 2 is 2.29 bits per heavy atom. The minimum absolute atomic E-state index is 0.517. The molecule has 1 heterocycles. The van der Waals surface area contributed by atoms with Crippen molar-refractivity contribution in [3.63, 3.8) is 0 Å². The molecular weight excluding hydrogens is 218 g/mol. The Hall–Kier alpha value is -1.23. The molecule has 1 fully saturated rings. The predicted octanol–water partition coefficient (Wildman–Crippen LogP) is 1.47. The van der Waals surface area contributed by atoms with Gasteiger partial charge in [0.15, 0.2) is 6.29 Å². The number of aromatic nitrogens is 3. The third-order valence-electron chi connectivity index (χ3n) is 3.13. The van der Waals surface area contributed by atoms with Crippen LogP contribution in [0, 0.1) is 5.92 Å². The molecule has 1 aromatic heterocycles. The van der Waals surface area contributed by atoms with Gasteiger partial charge in [0.2, 0.25) is 0 Å². The first-order chi connectivity index (χ1) is 8.35. The smallest absolute Gasteiger partial charge is 0.172 e. The quantitative estimate of drug-likeness (QED) is 0.507. The lowest BCUT2D eigenvalue weighted by molar-refractivity contribution is 0.111. The van der Waals surface area contributed by atoms with E-state index in [2.05, 4.69) is 10.3 Å². The third-order valence-corrected chi connectivity index (χ3v) is 3.13. The maximum Gasteiger partial charge on any atom is 0.172 e. The van der Waals surface area contributed by atoms with Crippen LogP contribution in [0.2, 0.25) is 0 Å². The Morgan fingerprint density at radius 1 is 1.47 bits per heavy atom. The van der Waals surface area contributed by atoms with E-state index in [-0.39, 0.29) is 0 Å². The van der Waals surface area contributed by atoms with E-state index >= 15 is 0 Å². The lowest BCUT2D eigenvalue weighted by Gasteiger charge is -2.05. The van der Waals surface area contributed by atoms with Gasteiger partial charge in [-0.25, -0.2) is 4.68 Å². The van der Waals surface area contributed by atoms with Crippen molar-refractivity contribution in [3.05, 3.63) is 11.4 Å². The zero-order valence-corrected chi connectivity index (χ0v) is 10.3. The fraction of sp³-hybridized carbons (Fsp3) is 0.750. The predicted molar refractivity (Wildman–Crippen MR) is 62.9 cm³/mol. The molecule has 0 spiro atoms. The summed E-state index contributed by atoms with van der Waals surface area (Å²) in [5.74, 6) is 0.741. The van der Waals surface area contributed by atoms with E-state index in [9.17, 15) is 4.79 Å². The molecule has 0 aliphatic heterocycles. The number of hydrogen-bond donors (Lipinski definition) is 0.